The number of aromatic nitrogens is 2. The maximum Gasteiger partial charge on any atom is 0.145 e. The van der Waals surface area contributed by atoms with Crippen LogP contribution in [0, 0.1) is 0 Å². The molecule has 0 atom stereocenters. The van der Waals surface area contributed by atoms with Crippen molar-refractivity contribution in [1.82, 2.24) is 9.78 Å². The molecule has 4 nitrogen and oxygen atoms in total. The largest absolute Gasteiger partial charge is 0.394 e. The minimum Gasteiger partial charge on any atom is -0.394 e. The lowest BCUT2D eigenvalue weighted by Crippen LogP contribution is -1.98. The van der Waals surface area contributed by atoms with Crippen LogP contribution in [-0.4, -0.2) is 9.78 Å². The Morgan fingerprint density at radius 2 is 1.62 bits per heavy atom. The van der Waals surface area contributed by atoms with Gasteiger partial charge in [0, 0.05) is 12.6 Å². The molecule has 0 amide bonds. The van der Waals surface area contributed by atoms with Crippen LogP contribution < -0.4 is 11.5 Å². The number of hydrogen-bond donors (Lipinski definition) is 2. The molecule has 0 bridgehead atoms. The smallest absolute Gasteiger partial charge is 0.145 e. The molecule has 0 aliphatic rings. The van der Waals surface area contributed by atoms with Crippen molar-refractivity contribution in [1.29, 1.82) is 0 Å². The van der Waals surface area contributed by atoms with Crippen LogP contribution in [0.1, 0.15) is 0 Å². The maximum atomic E-state index is 5.83. The summed E-state index contributed by atoms with van der Waals surface area (Å²) >= 11 is 0. The Bertz CT molecular complexity index is 453. The average molecular weight is 261 g/mol. The van der Waals surface area contributed by atoms with Gasteiger partial charge in [0.25, 0.3) is 0 Å². The summed E-state index contributed by atoms with van der Waals surface area (Å²) in [6, 6.07) is 9.75. The van der Waals surface area contributed by atoms with Gasteiger partial charge in [-0.3, -0.25) is 4.68 Å². The minimum atomic E-state index is 0. The molecule has 6 heteroatoms. The van der Waals surface area contributed by atoms with Crippen molar-refractivity contribution in [2.45, 2.75) is 0 Å². The van der Waals surface area contributed by atoms with Crippen molar-refractivity contribution in [2.75, 3.05) is 11.5 Å². The lowest BCUT2D eigenvalue weighted by molar-refractivity contribution is 0.782. The third-order valence-electron chi connectivity index (χ3n) is 2.18. The van der Waals surface area contributed by atoms with Gasteiger partial charge in [0.1, 0.15) is 17.2 Å². The number of hydrogen-bond acceptors (Lipinski definition) is 3. The summed E-state index contributed by atoms with van der Waals surface area (Å²) in [5, 5.41) is 4.25. The normalized spacial score (nSPS) is 9.06. The van der Waals surface area contributed by atoms with Crippen LogP contribution in [0.3, 0.4) is 0 Å². The number of aryl methyl sites for hydroxylation is 1. The SMILES string of the molecule is Cl.Cl.Cn1nc(-c2ccccc2)c(N)c1N. The molecule has 0 saturated heterocycles. The summed E-state index contributed by atoms with van der Waals surface area (Å²) in [5.74, 6) is 0.504. The molecular formula is C10H14Cl2N4. The third-order valence-corrected chi connectivity index (χ3v) is 2.18. The molecule has 0 aliphatic carbocycles. The van der Waals surface area contributed by atoms with Crippen LogP contribution in [0.4, 0.5) is 11.5 Å². The van der Waals surface area contributed by atoms with Crippen molar-refractivity contribution < 1.29 is 0 Å². The number of nitrogens with zero attached hydrogens (tertiary/aromatic N) is 2. The van der Waals surface area contributed by atoms with E-state index in [9.17, 15) is 0 Å². The molecule has 1 aromatic carbocycles. The second-order valence-corrected chi connectivity index (χ2v) is 3.14. The van der Waals surface area contributed by atoms with Gasteiger partial charge >= 0.3 is 0 Å². The van der Waals surface area contributed by atoms with E-state index in [0.29, 0.717) is 11.5 Å². The predicted molar refractivity (Wildman–Crippen MR) is 72.0 cm³/mol. The van der Waals surface area contributed by atoms with Gasteiger partial charge in [0.15, 0.2) is 0 Å². The molecule has 16 heavy (non-hydrogen) atoms. The van der Waals surface area contributed by atoms with E-state index in [4.69, 9.17) is 11.5 Å². The molecule has 2 rings (SSSR count). The van der Waals surface area contributed by atoms with Crippen molar-refractivity contribution >= 4 is 36.3 Å². The molecular weight excluding hydrogens is 247 g/mol. The zero-order chi connectivity index (χ0) is 10.1. The van der Waals surface area contributed by atoms with E-state index < -0.39 is 0 Å². The molecule has 0 radical (unpaired) electrons. The van der Waals surface area contributed by atoms with Gasteiger partial charge in [-0.15, -0.1) is 24.8 Å². The number of nitrogens with two attached hydrogens (primary N) is 2. The molecule has 0 saturated carbocycles. The highest BCUT2D eigenvalue weighted by Crippen LogP contribution is 2.28. The van der Waals surface area contributed by atoms with E-state index in [2.05, 4.69) is 5.10 Å². The Morgan fingerprint density at radius 1 is 1.06 bits per heavy atom. The summed E-state index contributed by atoms with van der Waals surface area (Å²) in [7, 11) is 1.78. The first kappa shape index (κ1) is 14.6. The number of nitrogen functional groups attached to an aromatic ring is 2. The van der Waals surface area contributed by atoms with E-state index in [1.807, 2.05) is 30.3 Å². The zero-order valence-electron chi connectivity index (χ0n) is 8.75. The molecule has 2 aromatic rings. The number of benzene rings is 1. The van der Waals surface area contributed by atoms with Gasteiger partial charge in [-0.2, -0.15) is 5.10 Å². The van der Waals surface area contributed by atoms with Gasteiger partial charge in [0.2, 0.25) is 0 Å². The van der Waals surface area contributed by atoms with E-state index >= 15 is 0 Å². The lowest BCUT2D eigenvalue weighted by atomic mass is 10.1. The van der Waals surface area contributed by atoms with Crippen LogP contribution >= 0.6 is 24.8 Å². The Morgan fingerprint density at radius 3 is 2.06 bits per heavy atom. The fourth-order valence-electron chi connectivity index (χ4n) is 1.36. The molecule has 0 aliphatic heterocycles. The molecule has 1 heterocycles. The van der Waals surface area contributed by atoms with Gasteiger partial charge in [-0.1, -0.05) is 30.3 Å². The maximum absolute atomic E-state index is 5.83. The highest BCUT2D eigenvalue weighted by molar-refractivity contribution is 5.85. The number of anilines is 2. The van der Waals surface area contributed by atoms with Crippen molar-refractivity contribution in [3.8, 4) is 11.3 Å². The van der Waals surface area contributed by atoms with Crippen LogP contribution in [0.5, 0.6) is 0 Å². The van der Waals surface area contributed by atoms with Crippen molar-refractivity contribution in [3.63, 3.8) is 0 Å². The summed E-state index contributed by atoms with van der Waals surface area (Å²) < 4.78 is 1.58. The first-order valence-corrected chi connectivity index (χ1v) is 4.33. The Balaban J connectivity index is 0.00000112. The summed E-state index contributed by atoms with van der Waals surface area (Å²) in [4.78, 5) is 0. The number of halogens is 2. The van der Waals surface area contributed by atoms with Crippen LogP contribution in [-0.2, 0) is 7.05 Å². The van der Waals surface area contributed by atoms with Gasteiger partial charge < -0.3 is 11.5 Å². The zero-order valence-corrected chi connectivity index (χ0v) is 10.4. The molecule has 0 unspecified atom stereocenters. The first-order chi connectivity index (χ1) is 6.70. The highest BCUT2D eigenvalue weighted by Gasteiger charge is 2.11. The summed E-state index contributed by atoms with van der Waals surface area (Å²) in [6.45, 7) is 0. The minimum absolute atomic E-state index is 0. The van der Waals surface area contributed by atoms with E-state index in [0.717, 1.165) is 11.3 Å². The first-order valence-electron chi connectivity index (χ1n) is 4.33. The van der Waals surface area contributed by atoms with Crippen molar-refractivity contribution in [2.24, 2.45) is 7.05 Å². The topological polar surface area (TPSA) is 69.9 Å². The van der Waals surface area contributed by atoms with Crippen LogP contribution in [0.15, 0.2) is 30.3 Å². The van der Waals surface area contributed by atoms with Crippen molar-refractivity contribution in [3.05, 3.63) is 30.3 Å². The van der Waals surface area contributed by atoms with E-state index in [-0.39, 0.29) is 24.8 Å². The fourth-order valence-corrected chi connectivity index (χ4v) is 1.36. The number of rotatable bonds is 1. The van der Waals surface area contributed by atoms with Crippen LogP contribution in [0.2, 0.25) is 0 Å². The standard InChI is InChI=1S/C10H12N4.2ClH/c1-14-10(12)8(11)9(13-14)7-5-3-2-4-6-7;;/h2-6H,11-12H2,1H3;2*1H. The Kier molecular flexibility index (Phi) is 5.14. The molecule has 1 aromatic heterocycles. The van der Waals surface area contributed by atoms with Gasteiger partial charge in [-0.25, -0.2) is 0 Å². The second-order valence-electron chi connectivity index (χ2n) is 3.14. The molecule has 88 valence electrons. The molecule has 0 spiro atoms. The monoisotopic (exact) mass is 260 g/mol. The Labute approximate surface area is 106 Å². The third kappa shape index (κ3) is 2.40. The van der Waals surface area contributed by atoms with E-state index in [1.54, 1.807) is 11.7 Å². The van der Waals surface area contributed by atoms with E-state index in [1.165, 1.54) is 0 Å². The quantitative estimate of drug-likeness (QED) is 0.825. The van der Waals surface area contributed by atoms with Gasteiger partial charge in [0.05, 0.1) is 0 Å². The summed E-state index contributed by atoms with van der Waals surface area (Å²) in [5.41, 5.74) is 13.8. The van der Waals surface area contributed by atoms with Crippen LogP contribution in [0.25, 0.3) is 11.3 Å². The highest BCUT2D eigenvalue weighted by atomic mass is 35.5. The lowest BCUT2D eigenvalue weighted by Gasteiger charge is -1.96. The predicted octanol–water partition coefficient (Wildman–Crippen LogP) is 2.10. The molecule has 0 fully saturated rings. The average Bonchev–Trinajstić information content (AvgIpc) is 2.47. The summed E-state index contributed by atoms with van der Waals surface area (Å²) in [6.07, 6.45) is 0. The van der Waals surface area contributed by atoms with Gasteiger partial charge in [-0.05, 0) is 0 Å². The molecule has 4 N–H and O–H groups in total. The second kappa shape index (κ2) is 5.63. The Hall–Kier alpha value is -1.39. The fraction of sp³-hybridized carbons (Fsp3) is 0.100.